The van der Waals surface area contributed by atoms with E-state index in [0.717, 1.165) is 0 Å². The predicted octanol–water partition coefficient (Wildman–Crippen LogP) is -1.000. The van der Waals surface area contributed by atoms with E-state index in [1.165, 1.54) is 5.48 Å². The van der Waals surface area contributed by atoms with Crippen LogP contribution in [-0.2, 0) is 9.59 Å². The van der Waals surface area contributed by atoms with Gasteiger partial charge < -0.3 is 10.8 Å². The number of carbonyl (C=O) groups excluding carboxylic acids is 2. The van der Waals surface area contributed by atoms with Gasteiger partial charge in [-0.15, -0.1) is 0 Å². The van der Waals surface area contributed by atoms with Crippen molar-refractivity contribution in [1.82, 2.24) is 5.48 Å². The normalized spacial score (nSPS) is 14.9. The molecule has 0 saturated carbocycles. The van der Waals surface area contributed by atoms with Crippen LogP contribution in [0.2, 0.25) is 0 Å². The Labute approximate surface area is 82.0 Å². The lowest BCUT2D eigenvalue weighted by Crippen LogP contribution is -2.44. The number of carbonyl (C=O) groups is 2. The summed E-state index contributed by atoms with van der Waals surface area (Å²) < 4.78 is 0. The summed E-state index contributed by atoms with van der Waals surface area (Å²) in [5.41, 5.74) is 6.29. The number of hydroxylamine groups is 1. The maximum atomic E-state index is 10.9. The number of amides is 2. The lowest BCUT2D eigenvalue weighted by Gasteiger charge is -2.19. The van der Waals surface area contributed by atoms with Gasteiger partial charge in [-0.2, -0.15) is 0 Å². The Morgan fingerprint density at radius 2 is 1.93 bits per heavy atom. The molecule has 0 aromatic heterocycles. The van der Waals surface area contributed by atoms with E-state index in [1.807, 2.05) is 13.8 Å². The maximum Gasteiger partial charge on any atom is 0.272 e. The topological polar surface area (TPSA) is 113 Å². The van der Waals surface area contributed by atoms with Crippen molar-refractivity contribution in [3.63, 3.8) is 0 Å². The molecule has 0 unspecified atom stereocenters. The van der Waals surface area contributed by atoms with Crippen LogP contribution >= 0.6 is 0 Å². The second-order valence-electron chi connectivity index (χ2n) is 3.56. The number of primary amides is 1. The predicted molar refractivity (Wildman–Crippen MR) is 48.1 cm³/mol. The molecule has 0 spiro atoms. The molecule has 0 heterocycles. The molecule has 0 saturated heterocycles. The number of rotatable bonds is 5. The summed E-state index contributed by atoms with van der Waals surface area (Å²) in [6, 6.07) is 0. The molecule has 0 bridgehead atoms. The monoisotopic (exact) mass is 204 g/mol. The van der Waals surface area contributed by atoms with E-state index in [9.17, 15) is 14.7 Å². The van der Waals surface area contributed by atoms with Crippen molar-refractivity contribution in [2.75, 3.05) is 0 Å². The van der Waals surface area contributed by atoms with Gasteiger partial charge >= 0.3 is 0 Å². The average molecular weight is 204 g/mol. The third-order valence-electron chi connectivity index (χ3n) is 1.85. The van der Waals surface area contributed by atoms with Crippen LogP contribution in [0.4, 0.5) is 0 Å². The summed E-state index contributed by atoms with van der Waals surface area (Å²) in [5, 5.41) is 17.6. The van der Waals surface area contributed by atoms with Crippen LogP contribution in [-0.4, -0.2) is 28.2 Å². The largest absolute Gasteiger partial charge is 0.382 e. The SMILES string of the molecule is CC(C)C[C@H](C(N)=O)[C@H](O)C(=O)NO. The molecule has 0 aromatic carbocycles. The van der Waals surface area contributed by atoms with Crippen molar-refractivity contribution in [2.45, 2.75) is 26.4 Å². The van der Waals surface area contributed by atoms with E-state index in [0.29, 0.717) is 6.42 Å². The van der Waals surface area contributed by atoms with Gasteiger partial charge in [0.1, 0.15) is 6.10 Å². The van der Waals surface area contributed by atoms with Crippen molar-refractivity contribution >= 4 is 11.8 Å². The van der Waals surface area contributed by atoms with Crippen molar-refractivity contribution < 1.29 is 19.9 Å². The smallest absolute Gasteiger partial charge is 0.272 e. The number of nitrogens with one attached hydrogen (secondary N) is 1. The molecule has 0 aliphatic carbocycles. The molecule has 6 heteroatoms. The van der Waals surface area contributed by atoms with Crippen LogP contribution in [0.3, 0.4) is 0 Å². The van der Waals surface area contributed by atoms with Crippen molar-refractivity contribution in [3.8, 4) is 0 Å². The molecular weight excluding hydrogens is 188 g/mol. The van der Waals surface area contributed by atoms with E-state index >= 15 is 0 Å². The van der Waals surface area contributed by atoms with Gasteiger partial charge in [0.15, 0.2) is 0 Å². The molecule has 0 aromatic rings. The Morgan fingerprint density at radius 3 is 2.21 bits per heavy atom. The summed E-state index contributed by atoms with van der Waals surface area (Å²) in [6.07, 6.45) is -1.30. The van der Waals surface area contributed by atoms with Crippen molar-refractivity contribution in [2.24, 2.45) is 17.6 Å². The summed E-state index contributed by atoms with van der Waals surface area (Å²) in [7, 11) is 0. The molecule has 6 nitrogen and oxygen atoms in total. The van der Waals surface area contributed by atoms with Gasteiger partial charge in [-0.05, 0) is 12.3 Å². The lowest BCUT2D eigenvalue weighted by molar-refractivity contribution is -0.145. The number of hydrogen-bond acceptors (Lipinski definition) is 4. The van der Waals surface area contributed by atoms with Crippen LogP contribution in [0, 0.1) is 11.8 Å². The molecule has 2 amide bonds. The Hall–Kier alpha value is -1.14. The molecule has 14 heavy (non-hydrogen) atoms. The maximum absolute atomic E-state index is 10.9. The molecule has 0 aliphatic rings. The second-order valence-corrected chi connectivity index (χ2v) is 3.56. The van der Waals surface area contributed by atoms with Gasteiger partial charge in [0.25, 0.3) is 5.91 Å². The minimum Gasteiger partial charge on any atom is -0.382 e. The zero-order chi connectivity index (χ0) is 11.3. The summed E-state index contributed by atoms with van der Waals surface area (Å²) in [5.74, 6) is -2.62. The first-order valence-electron chi connectivity index (χ1n) is 4.31. The standard InChI is InChI=1S/C8H16N2O4/c1-4(2)3-5(7(9)12)6(11)8(13)10-14/h4-6,11,14H,3H2,1-2H3,(H2,9,12)(H,10,13)/t5-,6-/m0/s1. The molecule has 0 radical (unpaired) electrons. The van der Waals surface area contributed by atoms with E-state index in [-0.39, 0.29) is 5.92 Å². The van der Waals surface area contributed by atoms with E-state index < -0.39 is 23.8 Å². The molecule has 2 atom stereocenters. The fraction of sp³-hybridized carbons (Fsp3) is 0.750. The Bertz CT molecular complexity index is 217. The Kier molecular flexibility index (Phi) is 5.11. The fourth-order valence-corrected chi connectivity index (χ4v) is 1.16. The zero-order valence-electron chi connectivity index (χ0n) is 8.23. The van der Waals surface area contributed by atoms with Crippen LogP contribution in [0.5, 0.6) is 0 Å². The van der Waals surface area contributed by atoms with Gasteiger partial charge in [-0.3, -0.25) is 14.8 Å². The second kappa shape index (κ2) is 5.56. The van der Waals surface area contributed by atoms with Crippen LogP contribution < -0.4 is 11.2 Å². The number of nitrogens with two attached hydrogens (primary N) is 1. The zero-order valence-corrected chi connectivity index (χ0v) is 8.23. The van der Waals surface area contributed by atoms with Gasteiger partial charge in [-0.25, -0.2) is 5.48 Å². The molecular formula is C8H16N2O4. The first kappa shape index (κ1) is 12.9. The third-order valence-corrected chi connectivity index (χ3v) is 1.85. The highest BCUT2D eigenvalue weighted by molar-refractivity contribution is 5.87. The third kappa shape index (κ3) is 3.71. The molecule has 0 rings (SSSR count). The van der Waals surface area contributed by atoms with Crippen LogP contribution in [0.15, 0.2) is 0 Å². The molecule has 0 fully saturated rings. The number of hydrogen-bond donors (Lipinski definition) is 4. The minimum absolute atomic E-state index is 0.119. The highest BCUT2D eigenvalue weighted by Crippen LogP contribution is 2.15. The summed E-state index contributed by atoms with van der Waals surface area (Å²) >= 11 is 0. The lowest BCUT2D eigenvalue weighted by atomic mass is 9.91. The van der Waals surface area contributed by atoms with E-state index in [2.05, 4.69) is 0 Å². The molecule has 82 valence electrons. The van der Waals surface area contributed by atoms with Crippen molar-refractivity contribution in [1.29, 1.82) is 0 Å². The Morgan fingerprint density at radius 1 is 1.43 bits per heavy atom. The van der Waals surface area contributed by atoms with E-state index in [4.69, 9.17) is 10.9 Å². The summed E-state index contributed by atoms with van der Waals surface area (Å²) in [6.45, 7) is 3.67. The first-order valence-corrected chi connectivity index (χ1v) is 4.31. The number of aliphatic hydroxyl groups is 1. The quantitative estimate of drug-likeness (QED) is 0.340. The van der Waals surface area contributed by atoms with Gasteiger partial charge in [0.2, 0.25) is 5.91 Å². The molecule has 5 N–H and O–H groups in total. The van der Waals surface area contributed by atoms with Crippen LogP contribution in [0.1, 0.15) is 20.3 Å². The van der Waals surface area contributed by atoms with Gasteiger partial charge in [0, 0.05) is 0 Å². The van der Waals surface area contributed by atoms with Crippen molar-refractivity contribution in [3.05, 3.63) is 0 Å². The highest BCUT2D eigenvalue weighted by Gasteiger charge is 2.30. The summed E-state index contributed by atoms with van der Waals surface area (Å²) in [4.78, 5) is 21.7. The highest BCUT2D eigenvalue weighted by atomic mass is 16.5. The average Bonchev–Trinajstić information content (AvgIpc) is 2.11. The van der Waals surface area contributed by atoms with Gasteiger partial charge in [-0.1, -0.05) is 13.8 Å². The van der Waals surface area contributed by atoms with E-state index in [1.54, 1.807) is 0 Å². The van der Waals surface area contributed by atoms with Crippen LogP contribution in [0.25, 0.3) is 0 Å². The van der Waals surface area contributed by atoms with Gasteiger partial charge in [0.05, 0.1) is 5.92 Å². The fourth-order valence-electron chi connectivity index (χ4n) is 1.16. The number of aliphatic hydroxyl groups excluding tert-OH is 1. The molecule has 0 aliphatic heterocycles. The Balaban J connectivity index is 4.48. The first-order chi connectivity index (χ1) is 6.40. The minimum atomic E-state index is -1.60.